The van der Waals surface area contributed by atoms with Crippen LogP contribution in [0.25, 0.3) is 10.8 Å². The Morgan fingerprint density at radius 2 is 1.80 bits per heavy atom. The minimum absolute atomic E-state index is 0.652. The summed E-state index contributed by atoms with van der Waals surface area (Å²) in [6.07, 6.45) is 4.24. The van der Waals surface area contributed by atoms with Crippen molar-refractivity contribution in [2.24, 2.45) is 0 Å². The van der Waals surface area contributed by atoms with Gasteiger partial charge in [-0.15, -0.1) is 0 Å². The summed E-state index contributed by atoms with van der Waals surface area (Å²) in [5.74, 6) is 0.890. The zero-order chi connectivity index (χ0) is 13.8. The van der Waals surface area contributed by atoms with Gasteiger partial charge in [0.1, 0.15) is 12.4 Å². The average Bonchev–Trinajstić information content (AvgIpc) is 2.47. The fourth-order valence-corrected chi connectivity index (χ4v) is 2.52. The maximum atomic E-state index is 5.75. The van der Waals surface area contributed by atoms with Crippen LogP contribution < -0.4 is 9.30 Å². The van der Waals surface area contributed by atoms with E-state index in [0.717, 1.165) is 16.8 Å². The van der Waals surface area contributed by atoms with Crippen molar-refractivity contribution in [3.8, 4) is 5.75 Å². The quantitative estimate of drug-likeness (QED) is 0.660. The summed E-state index contributed by atoms with van der Waals surface area (Å²) < 4.78 is 8.94. The van der Waals surface area contributed by atoms with Crippen molar-refractivity contribution < 1.29 is 9.30 Å². The van der Waals surface area contributed by atoms with Crippen LogP contribution >= 0.6 is 15.9 Å². The smallest absolute Gasteiger partial charge is 0.182 e. The van der Waals surface area contributed by atoms with Crippen molar-refractivity contribution in [1.82, 2.24) is 0 Å². The predicted octanol–water partition coefficient (Wildman–Crippen LogP) is 3.97. The summed E-state index contributed by atoms with van der Waals surface area (Å²) in [7, 11) is 0. The van der Waals surface area contributed by atoms with Crippen molar-refractivity contribution in [2.75, 3.05) is 6.61 Å². The number of benzene rings is 2. The lowest BCUT2D eigenvalue weighted by Gasteiger charge is -2.04. The Labute approximate surface area is 126 Å². The molecule has 0 aliphatic heterocycles. The van der Waals surface area contributed by atoms with E-state index in [4.69, 9.17) is 4.74 Å². The molecule has 0 bridgehead atoms. The summed E-state index contributed by atoms with van der Waals surface area (Å²) in [5.41, 5.74) is 0. The van der Waals surface area contributed by atoms with Crippen LogP contribution in [0.1, 0.15) is 0 Å². The van der Waals surface area contributed by atoms with Gasteiger partial charge in [0.2, 0.25) is 0 Å². The van der Waals surface area contributed by atoms with Crippen LogP contribution in [0.5, 0.6) is 5.75 Å². The van der Waals surface area contributed by atoms with Crippen LogP contribution in [0, 0.1) is 0 Å². The van der Waals surface area contributed by atoms with E-state index in [2.05, 4.69) is 63.2 Å². The Kier molecular flexibility index (Phi) is 3.97. The Morgan fingerprint density at radius 3 is 2.65 bits per heavy atom. The van der Waals surface area contributed by atoms with Gasteiger partial charge in [-0.1, -0.05) is 40.2 Å². The number of halogens is 1. The average molecular weight is 329 g/mol. The van der Waals surface area contributed by atoms with Crippen molar-refractivity contribution >= 4 is 26.7 Å². The molecular formula is C17H15BrNO+. The van der Waals surface area contributed by atoms with E-state index in [0.29, 0.717) is 6.61 Å². The van der Waals surface area contributed by atoms with Gasteiger partial charge in [-0.05, 0) is 29.7 Å². The van der Waals surface area contributed by atoms with E-state index in [9.17, 15) is 0 Å². The first-order chi connectivity index (χ1) is 9.81. The molecule has 0 unspecified atom stereocenters. The lowest BCUT2D eigenvalue weighted by Crippen LogP contribution is -2.35. The highest BCUT2D eigenvalue weighted by Gasteiger charge is 2.03. The fourth-order valence-electron chi connectivity index (χ4n) is 2.14. The minimum Gasteiger partial charge on any atom is -0.487 e. The van der Waals surface area contributed by atoms with E-state index in [1.54, 1.807) is 0 Å². The Bertz CT molecular complexity index is 727. The largest absolute Gasteiger partial charge is 0.487 e. The van der Waals surface area contributed by atoms with Crippen molar-refractivity contribution in [2.45, 2.75) is 6.54 Å². The first-order valence-corrected chi connectivity index (χ1v) is 7.37. The third kappa shape index (κ3) is 3.17. The molecule has 0 spiro atoms. The van der Waals surface area contributed by atoms with E-state index < -0.39 is 0 Å². The molecule has 0 radical (unpaired) electrons. The normalized spacial score (nSPS) is 10.7. The summed E-state index contributed by atoms with van der Waals surface area (Å²) in [5, 5.41) is 2.51. The maximum Gasteiger partial charge on any atom is 0.182 e. The van der Waals surface area contributed by atoms with Gasteiger partial charge in [-0.25, -0.2) is 4.57 Å². The molecule has 0 aliphatic rings. The number of hydrogen-bond acceptors (Lipinski definition) is 1. The number of nitrogens with zero attached hydrogens (tertiary/aromatic N) is 1. The second kappa shape index (κ2) is 6.06. The second-order valence-corrected chi connectivity index (χ2v) is 5.53. The number of hydrogen-bond donors (Lipinski definition) is 0. The molecule has 3 aromatic rings. The molecule has 100 valence electrons. The third-order valence-corrected chi connectivity index (χ3v) is 3.65. The lowest BCUT2D eigenvalue weighted by atomic mass is 10.2. The van der Waals surface area contributed by atoms with Gasteiger partial charge in [0, 0.05) is 15.9 Å². The molecule has 3 heteroatoms. The van der Waals surface area contributed by atoms with Gasteiger partial charge in [0.15, 0.2) is 18.9 Å². The highest BCUT2D eigenvalue weighted by Crippen LogP contribution is 2.17. The molecule has 0 saturated heterocycles. The van der Waals surface area contributed by atoms with Crippen molar-refractivity contribution in [3.05, 3.63) is 71.5 Å². The summed E-state index contributed by atoms with van der Waals surface area (Å²) >= 11 is 3.44. The van der Waals surface area contributed by atoms with Gasteiger partial charge < -0.3 is 4.74 Å². The number of ether oxygens (including phenoxy) is 1. The molecule has 1 heterocycles. The number of aromatic nitrogens is 1. The number of fused-ring (bicyclic) bond motifs is 1. The van der Waals surface area contributed by atoms with Gasteiger partial charge in [0.25, 0.3) is 0 Å². The number of rotatable bonds is 4. The van der Waals surface area contributed by atoms with Crippen molar-refractivity contribution in [3.63, 3.8) is 0 Å². The van der Waals surface area contributed by atoms with Crippen LogP contribution in [0.4, 0.5) is 0 Å². The van der Waals surface area contributed by atoms with Gasteiger partial charge >= 0.3 is 0 Å². The summed E-state index contributed by atoms with van der Waals surface area (Å²) in [6, 6.07) is 18.4. The highest BCUT2D eigenvalue weighted by atomic mass is 79.9. The van der Waals surface area contributed by atoms with Crippen LogP contribution in [-0.4, -0.2) is 6.61 Å². The topological polar surface area (TPSA) is 13.1 Å². The molecule has 0 saturated carbocycles. The number of pyridine rings is 1. The zero-order valence-corrected chi connectivity index (χ0v) is 12.6. The fraction of sp³-hybridized carbons (Fsp3) is 0.118. The van der Waals surface area contributed by atoms with E-state index in [1.165, 1.54) is 10.8 Å². The SMILES string of the molecule is Brc1cccc(OCC[n+]2ccc3ccccc3c2)c1. The summed E-state index contributed by atoms with van der Waals surface area (Å²) in [6.45, 7) is 1.48. The summed E-state index contributed by atoms with van der Waals surface area (Å²) in [4.78, 5) is 0. The molecule has 3 rings (SSSR count). The predicted molar refractivity (Wildman–Crippen MR) is 83.8 cm³/mol. The molecule has 1 aromatic heterocycles. The molecule has 0 amide bonds. The maximum absolute atomic E-state index is 5.75. The molecule has 2 nitrogen and oxygen atoms in total. The Hall–Kier alpha value is -1.87. The monoisotopic (exact) mass is 328 g/mol. The van der Waals surface area contributed by atoms with Gasteiger partial charge in [-0.3, -0.25) is 0 Å². The molecule has 0 aliphatic carbocycles. The third-order valence-electron chi connectivity index (χ3n) is 3.16. The lowest BCUT2D eigenvalue weighted by molar-refractivity contribution is -0.696. The van der Waals surface area contributed by atoms with Crippen LogP contribution in [0.2, 0.25) is 0 Å². The van der Waals surface area contributed by atoms with E-state index in [-0.39, 0.29) is 0 Å². The Morgan fingerprint density at radius 1 is 0.950 bits per heavy atom. The molecule has 2 aromatic carbocycles. The molecule has 0 fully saturated rings. The molecule has 0 N–H and O–H groups in total. The highest BCUT2D eigenvalue weighted by molar-refractivity contribution is 9.10. The molecule has 20 heavy (non-hydrogen) atoms. The second-order valence-electron chi connectivity index (χ2n) is 4.62. The van der Waals surface area contributed by atoms with Gasteiger partial charge in [-0.2, -0.15) is 0 Å². The van der Waals surface area contributed by atoms with E-state index >= 15 is 0 Å². The van der Waals surface area contributed by atoms with Crippen LogP contribution in [0.15, 0.2) is 71.5 Å². The van der Waals surface area contributed by atoms with E-state index in [1.807, 2.05) is 24.3 Å². The first-order valence-electron chi connectivity index (χ1n) is 6.57. The van der Waals surface area contributed by atoms with Gasteiger partial charge in [0.05, 0.1) is 0 Å². The standard InChI is InChI=1S/C17H15BrNO/c18-16-6-3-7-17(12-16)20-11-10-19-9-8-14-4-1-2-5-15(14)13-19/h1-9,12-13H,10-11H2/q+1. The van der Waals surface area contributed by atoms with Crippen LogP contribution in [-0.2, 0) is 6.54 Å². The molecular weight excluding hydrogens is 314 g/mol. The zero-order valence-electron chi connectivity index (χ0n) is 11.0. The van der Waals surface area contributed by atoms with Crippen molar-refractivity contribution in [1.29, 1.82) is 0 Å². The first kappa shape index (κ1) is 13.1. The van der Waals surface area contributed by atoms with Crippen LogP contribution in [0.3, 0.4) is 0 Å². The minimum atomic E-state index is 0.652. The molecule has 0 atom stereocenters. The Balaban J connectivity index is 1.65.